The summed E-state index contributed by atoms with van der Waals surface area (Å²) < 4.78 is 22.6. The molecular formula is C50H89NO8. The maximum absolute atomic E-state index is 12.8. The number of esters is 2. The summed E-state index contributed by atoms with van der Waals surface area (Å²) in [5.74, 6) is -2.29. The summed E-state index contributed by atoms with van der Waals surface area (Å²) in [6, 6.07) is 0. The van der Waals surface area contributed by atoms with Gasteiger partial charge in [-0.25, -0.2) is 0 Å². The predicted octanol–water partition coefficient (Wildman–Crippen LogP) is 11.4. The molecule has 0 rings (SSSR count). The van der Waals surface area contributed by atoms with Gasteiger partial charge in [0.25, 0.3) is 0 Å². The van der Waals surface area contributed by atoms with Gasteiger partial charge in [-0.15, -0.1) is 0 Å². The number of carboxylic acid groups (broad SMARTS) is 1. The van der Waals surface area contributed by atoms with Crippen molar-refractivity contribution in [3.05, 3.63) is 48.6 Å². The first-order chi connectivity index (χ1) is 28.6. The number of hydrogen-bond donors (Lipinski definition) is 0. The van der Waals surface area contributed by atoms with E-state index in [4.69, 9.17) is 18.9 Å². The summed E-state index contributed by atoms with van der Waals surface area (Å²) in [5, 5.41) is 11.7. The molecule has 0 fully saturated rings. The Labute approximate surface area is 362 Å². The Bertz CT molecular complexity index is 1110. The van der Waals surface area contributed by atoms with Crippen LogP contribution < -0.4 is 5.11 Å². The van der Waals surface area contributed by atoms with E-state index in [0.29, 0.717) is 23.9 Å². The van der Waals surface area contributed by atoms with Gasteiger partial charge in [-0.3, -0.25) is 9.59 Å². The molecule has 0 aromatic carbocycles. The fourth-order valence-corrected chi connectivity index (χ4v) is 6.41. The largest absolute Gasteiger partial charge is 0.545 e. The molecular weight excluding hydrogens is 743 g/mol. The van der Waals surface area contributed by atoms with Gasteiger partial charge in [0, 0.05) is 12.8 Å². The second-order valence-electron chi connectivity index (χ2n) is 17.0. The summed E-state index contributed by atoms with van der Waals surface area (Å²) in [7, 11) is 5.91. The van der Waals surface area contributed by atoms with Crippen LogP contribution in [0, 0.1) is 0 Å². The Morgan fingerprint density at radius 3 is 1.44 bits per heavy atom. The lowest BCUT2D eigenvalue weighted by Crippen LogP contribution is -2.44. The van der Waals surface area contributed by atoms with Gasteiger partial charge in [0.1, 0.15) is 13.2 Å². The summed E-state index contributed by atoms with van der Waals surface area (Å²) in [6.45, 7) is 4.62. The first-order valence-corrected chi connectivity index (χ1v) is 23.8. The van der Waals surface area contributed by atoms with E-state index in [1.807, 2.05) is 21.1 Å². The van der Waals surface area contributed by atoms with Crippen molar-refractivity contribution < 1.29 is 42.9 Å². The van der Waals surface area contributed by atoms with Gasteiger partial charge in [-0.05, 0) is 51.4 Å². The highest BCUT2D eigenvalue weighted by Crippen LogP contribution is 2.15. The van der Waals surface area contributed by atoms with Crippen molar-refractivity contribution >= 4 is 17.9 Å². The number of nitrogens with zero attached hydrogens (tertiary/aromatic N) is 1. The molecule has 0 aliphatic carbocycles. The molecule has 0 aliphatic rings. The van der Waals surface area contributed by atoms with Crippen LogP contribution in [0.15, 0.2) is 48.6 Å². The molecule has 0 aromatic heterocycles. The third-order valence-electron chi connectivity index (χ3n) is 10.1. The number of rotatable bonds is 43. The van der Waals surface area contributed by atoms with Gasteiger partial charge in [-0.2, -0.15) is 0 Å². The summed E-state index contributed by atoms with van der Waals surface area (Å²) in [5.41, 5.74) is 0. The number of quaternary nitrogens is 1. The molecule has 0 amide bonds. The summed E-state index contributed by atoms with van der Waals surface area (Å²) in [4.78, 5) is 37.0. The molecule has 0 bridgehead atoms. The molecule has 342 valence electrons. The minimum Gasteiger partial charge on any atom is -0.545 e. The highest BCUT2D eigenvalue weighted by molar-refractivity contribution is 5.70. The first-order valence-electron chi connectivity index (χ1n) is 23.8. The first kappa shape index (κ1) is 56.2. The number of allylic oxidation sites excluding steroid dienone is 8. The van der Waals surface area contributed by atoms with E-state index in [2.05, 4.69) is 62.5 Å². The molecule has 0 aromatic rings. The average molecular weight is 832 g/mol. The number of carbonyl (C=O) groups is 3. The van der Waals surface area contributed by atoms with E-state index in [-0.39, 0.29) is 32.2 Å². The third kappa shape index (κ3) is 43.2. The van der Waals surface area contributed by atoms with Crippen molar-refractivity contribution in [1.82, 2.24) is 0 Å². The molecule has 9 heteroatoms. The van der Waals surface area contributed by atoms with E-state index in [9.17, 15) is 19.5 Å². The van der Waals surface area contributed by atoms with Gasteiger partial charge in [0.05, 0.1) is 40.3 Å². The average Bonchev–Trinajstić information content (AvgIpc) is 3.19. The van der Waals surface area contributed by atoms with Gasteiger partial charge in [-0.1, -0.05) is 178 Å². The van der Waals surface area contributed by atoms with Crippen LogP contribution in [-0.4, -0.2) is 82.3 Å². The van der Waals surface area contributed by atoms with E-state index in [1.54, 1.807) is 0 Å². The standard InChI is InChI=1S/C50H89NO8/c1-6-8-10-12-14-16-18-20-21-22-23-24-25-26-27-29-31-33-35-37-39-41-48(53)59-46(45-58-50(49(54)55)56-43-42-51(3,4)5)44-57-47(52)40-38-36-34-32-30-28-19-17-15-13-11-9-7-2/h8,10,14,16,20-21,23-24,46,50H,6-7,9,11-13,15,17-19,22,25-45H2,1-5H3/b10-8-,16-14-,21-20-,24-23-. The molecule has 2 atom stereocenters. The maximum atomic E-state index is 12.8. The Hall–Kier alpha value is -2.75. The SMILES string of the molecule is CC/C=C\C/C=C\C/C=C\C/C=C\CCCCCCCCCCC(=O)OC(COC(=O)CCCCCCCCCCCCCCC)COC(OCC[N+](C)(C)C)C(=O)[O-]. The van der Waals surface area contributed by atoms with Crippen LogP contribution in [0.4, 0.5) is 0 Å². The van der Waals surface area contributed by atoms with Gasteiger partial charge in [0.15, 0.2) is 12.4 Å². The van der Waals surface area contributed by atoms with E-state index >= 15 is 0 Å². The van der Waals surface area contributed by atoms with Crippen molar-refractivity contribution in [2.75, 3.05) is 47.5 Å². The van der Waals surface area contributed by atoms with Crippen molar-refractivity contribution in [2.45, 2.75) is 206 Å². The van der Waals surface area contributed by atoms with Crippen molar-refractivity contribution in [1.29, 1.82) is 0 Å². The van der Waals surface area contributed by atoms with E-state index < -0.39 is 24.3 Å². The smallest absolute Gasteiger partial charge is 0.306 e. The van der Waals surface area contributed by atoms with Crippen LogP contribution in [-0.2, 0) is 33.3 Å². The van der Waals surface area contributed by atoms with E-state index in [0.717, 1.165) is 70.6 Å². The Kier molecular flexibility index (Phi) is 40.0. The maximum Gasteiger partial charge on any atom is 0.306 e. The van der Waals surface area contributed by atoms with Gasteiger partial charge >= 0.3 is 11.9 Å². The number of hydrogen-bond acceptors (Lipinski definition) is 8. The molecule has 59 heavy (non-hydrogen) atoms. The lowest BCUT2D eigenvalue weighted by atomic mass is 10.0. The zero-order chi connectivity index (χ0) is 43.5. The fraction of sp³-hybridized carbons (Fsp3) is 0.780. The normalized spacial score (nSPS) is 13.3. The number of carboxylic acids is 1. The molecule has 0 aliphatic heterocycles. The van der Waals surface area contributed by atoms with Crippen molar-refractivity contribution in [3.63, 3.8) is 0 Å². The molecule has 0 heterocycles. The van der Waals surface area contributed by atoms with Crippen LogP contribution in [0.3, 0.4) is 0 Å². The van der Waals surface area contributed by atoms with Gasteiger partial charge in [0.2, 0.25) is 0 Å². The molecule has 0 saturated heterocycles. The zero-order valence-corrected chi connectivity index (χ0v) is 38.6. The Morgan fingerprint density at radius 2 is 0.966 bits per heavy atom. The lowest BCUT2D eigenvalue weighted by molar-refractivity contribution is -0.870. The molecule has 9 nitrogen and oxygen atoms in total. The van der Waals surface area contributed by atoms with Gasteiger partial charge < -0.3 is 33.3 Å². The Morgan fingerprint density at radius 1 is 0.525 bits per heavy atom. The second kappa shape index (κ2) is 42.0. The van der Waals surface area contributed by atoms with Crippen molar-refractivity contribution in [2.24, 2.45) is 0 Å². The molecule has 0 spiro atoms. The number of unbranched alkanes of at least 4 members (excludes halogenated alkanes) is 20. The minimum atomic E-state index is -1.62. The zero-order valence-electron chi connectivity index (χ0n) is 38.6. The van der Waals surface area contributed by atoms with Crippen LogP contribution in [0.2, 0.25) is 0 Å². The molecule has 0 saturated carbocycles. The van der Waals surface area contributed by atoms with E-state index in [1.165, 1.54) is 89.9 Å². The van der Waals surface area contributed by atoms with Crippen LogP contribution >= 0.6 is 0 Å². The van der Waals surface area contributed by atoms with Crippen LogP contribution in [0.25, 0.3) is 0 Å². The Balaban J connectivity index is 4.38. The highest BCUT2D eigenvalue weighted by atomic mass is 16.7. The predicted molar refractivity (Wildman–Crippen MR) is 242 cm³/mol. The number of likely N-dealkylation sites (N-methyl/N-ethyl adjacent to an activating group) is 1. The fourth-order valence-electron chi connectivity index (χ4n) is 6.41. The number of carbonyl (C=O) groups excluding carboxylic acids is 3. The topological polar surface area (TPSA) is 111 Å². The molecule has 0 radical (unpaired) electrons. The monoisotopic (exact) mass is 832 g/mol. The quantitative estimate of drug-likeness (QED) is 0.0196. The third-order valence-corrected chi connectivity index (χ3v) is 10.1. The molecule has 0 N–H and O–H groups in total. The minimum absolute atomic E-state index is 0.146. The van der Waals surface area contributed by atoms with Crippen molar-refractivity contribution in [3.8, 4) is 0 Å². The second-order valence-corrected chi connectivity index (χ2v) is 17.0. The molecule has 2 unspecified atom stereocenters. The van der Waals surface area contributed by atoms with Crippen LogP contribution in [0.1, 0.15) is 194 Å². The summed E-state index contributed by atoms with van der Waals surface area (Å²) >= 11 is 0. The summed E-state index contributed by atoms with van der Waals surface area (Å²) in [6.07, 6.45) is 45.6. The highest BCUT2D eigenvalue weighted by Gasteiger charge is 2.21. The van der Waals surface area contributed by atoms with Crippen LogP contribution in [0.5, 0.6) is 0 Å². The number of aliphatic carboxylic acids is 1. The number of ether oxygens (including phenoxy) is 4. The lowest BCUT2D eigenvalue weighted by Gasteiger charge is -2.26.